The average molecular weight is 481 g/mol. The average Bonchev–Trinajstić information content (AvgIpc) is 3.23. The number of anilines is 1. The monoisotopic (exact) mass is 480 g/mol. The van der Waals surface area contributed by atoms with E-state index in [0.717, 1.165) is 22.5 Å². The van der Waals surface area contributed by atoms with Gasteiger partial charge in [0.25, 0.3) is 5.69 Å². The molecule has 0 aliphatic rings. The standard InChI is InChI=1S/C25H24N2O6S/c1-4-33-25(30)23-20(17-6-5-7-19(13-17)27(31)32)14-34-24(23)26-22(29)11-10-21(28)18-9-8-15(2)16(3)12-18/h5-9,12-14H,4,10-11H2,1-3H3,(H,26,29). The number of rotatable bonds is 9. The number of carbonyl (C=O) groups is 3. The van der Waals surface area contributed by atoms with E-state index in [9.17, 15) is 24.5 Å². The summed E-state index contributed by atoms with van der Waals surface area (Å²) in [6.07, 6.45) is -0.0374. The Morgan fingerprint density at radius 2 is 1.82 bits per heavy atom. The number of ketones is 1. The van der Waals surface area contributed by atoms with Crippen LogP contribution in [-0.2, 0) is 9.53 Å². The van der Waals surface area contributed by atoms with Crippen LogP contribution in [0.2, 0.25) is 0 Å². The molecule has 2 aromatic carbocycles. The van der Waals surface area contributed by atoms with Gasteiger partial charge in [0.2, 0.25) is 5.91 Å². The first-order valence-electron chi connectivity index (χ1n) is 10.6. The lowest BCUT2D eigenvalue weighted by molar-refractivity contribution is -0.384. The van der Waals surface area contributed by atoms with Crippen LogP contribution in [-0.4, -0.2) is 29.2 Å². The molecule has 0 aliphatic carbocycles. The van der Waals surface area contributed by atoms with Gasteiger partial charge in [-0.3, -0.25) is 19.7 Å². The van der Waals surface area contributed by atoms with E-state index in [1.807, 2.05) is 19.9 Å². The Kier molecular flexibility index (Phi) is 7.91. The van der Waals surface area contributed by atoms with Crippen LogP contribution in [0.25, 0.3) is 11.1 Å². The van der Waals surface area contributed by atoms with Crippen LogP contribution >= 0.6 is 11.3 Å². The van der Waals surface area contributed by atoms with Gasteiger partial charge in [0.1, 0.15) is 10.6 Å². The first-order valence-corrected chi connectivity index (χ1v) is 11.5. The third-order valence-electron chi connectivity index (χ3n) is 5.30. The van der Waals surface area contributed by atoms with Crippen LogP contribution < -0.4 is 5.32 Å². The highest BCUT2D eigenvalue weighted by molar-refractivity contribution is 7.15. The van der Waals surface area contributed by atoms with Gasteiger partial charge in [0.05, 0.1) is 11.5 Å². The zero-order chi connectivity index (χ0) is 24.8. The summed E-state index contributed by atoms with van der Waals surface area (Å²) in [7, 11) is 0. The van der Waals surface area contributed by atoms with Gasteiger partial charge in [0.15, 0.2) is 5.78 Å². The van der Waals surface area contributed by atoms with E-state index < -0.39 is 16.8 Å². The third kappa shape index (κ3) is 5.74. The molecule has 3 aromatic rings. The van der Waals surface area contributed by atoms with E-state index in [4.69, 9.17) is 4.74 Å². The summed E-state index contributed by atoms with van der Waals surface area (Å²) in [5.41, 5.74) is 3.52. The van der Waals surface area contributed by atoms with Gasteiger partial charge in [-0.05, 0) is 43.5 Å². The molecule has 0 bridgehead atoms. The number of nitro groups is 1. The summed E-state index contributed by atoms with van der Waals surface area (Å²) < 4.78 is 5.15. The fourth-order valence-electron chi connectivity index (χ4n) is 3.33. The van der Waals surface area contributed by atoms with Gasteiger partial charge in [-0.1, -0.05) is 24.3 Å². The molecule has 8 nitrogen and oxygen atoms in total. The Hall–Kier alpha value is -3.85. The van der Waals surface area contributed by atoms with Crippen LogP contribution in [0.4, 0.5) is 10.7 Å². The van der Waals surface area contributed by atoms with E-state index in [2.05, 4.69) is 5.32 Å². The number of nitrogens with one attached hydrogen (secondary N) is 1. The molecule has 0 saturated heterocycles. The summed E-state index contributed by atoms with van der Waals surface area (Å²) in [5.74, 6) is -1.21. The predicted molar refractivity (Wildman–Crippen MR) is 130 cm³/mol. The molecule has 1 amide bonds. The van der Waals surface area contributed by atoms with Crippen LogP contribution in [0.15, 0.2) is 47.8 Å². The van der Waals surface area contributed by atoms with Crippen molar-refractivity contribution in [2.24, 2.45) is 0 Å². The lowest BCUT2D eigenvalue weighted by Gasteiger charge is -2.09. The maximum atomic E-state index is 12.7. The molecule has 0 unspecified atom stereocenters. The van der Waals surface area contributed by atoms with Crippen molar-refractivity contribution in [3.05, 3.63) is 80.2 Å². The van der Waals surface area contributed by atoms with Gasteiger partial charge >= 0.3 is 5.97 Å². The minimum absolute atomic E-state index is 0.0200. The van der Waals surface area contributed by atoms with Crippen LogP contribution in [0.5, 0.6) is 0 Å². The van der Waals surface area contributed by atoms with Gasteiger partial charge in [-0.25, -0.2) is 4.79 Å². The fraction of sp³-hybridized carbons (Fsp3) is 0.240. The van der Waals surface area contributed by atoms with Gasteiger partial charge < -0.3 is 10.1 Å². The predicted octanol–water partition coefficient (Wildman–Crippen LogP) is 5.72. The number of hydrogen-bond donors (Lipinski definition) is 1. The van der Waals surface area contributed by atoms with Crippen LogP contribution in [0.3, 0.4) is 0 Å². The first kappa shape index (κ1) is 24.8. The second kappa shape index (κ2) is 10.8. The molecule has 1 aromatic heterocycles. The van der Waals surface area contributed by atoms with Crippen molar-refractivity contribution in [2.45, 2.75) is 33.6 Å². The van der Waals surface area contributed by atoms with Crippen molar-refractivity contribution in [1.82, 2.24) is 0 Å². The number of carbonyl (C=O) groups excluding carboxylic acids is 3. The number of benzene rings is 2. The summed E-state index contributed by atoms with van der Waals surface area (Å²) in [6, 6.07) is 11.3. The van der Waals surface area contributed by atoms with Crippen LogP contribution in [0.1, 0.15) is 51.6 Å². The van der Waals surface area contributed by atoms with Crippen LogP contribution in [0, 0.1) is 24.0 Å². The Bertz CT molecular complexity index is 1260. The molecule has 0 spiro atoms. The van der Waals surface area contributed by atoms with E-state index in [1.165, 1.54) is 18.2 Å². The van der Waals surface area contributed by atoms with Crippen molar-refractivity contribution in [1.29, 1.82) is 0 Å². The number of aryl methyl sites for hydroxylation is 2. The Morgan fingerprint density at radius 3 is 2.50 bits per heavy atom. The summed E-state index contributed by atoms with van der Waals surface area (Å²) in [5, 5.41) is 15.8. The van der Waals surface area contributed by atoms with Gasteiger partial charge in [-0.15, -0.1) is 11.3 Å². The molecular formula is C25H24N2O6S. The quantitative estimate of drug-likeness (QED) is 0.181. The van der Waals surface area contributed by atoms with E-state index in [0.29, 0.717) is 16.7 Å². The molecular weight excluding hydrogens is 456 g/mol. The lowest BCUT2D eigenvalue weighted by atomic mass is 10.0. The van der Waals surface area contributed by atoms with E-state index >= 15 is 0 Å². The normalized spacial score (nSPS) is 10.6. The smallest absolute Gasteiger partial charge is 0.341 e. The number of Topliss-reactive ketones (excluding diaryl/α,β-unsaturated/α-hetero) is 1. The Balaban J connectivity index is 1.79. The highest BCUT2D eigenvalue weighted by Crippen LogP contribution is 2.37. The Morgan fingerprint density at radius 1 is 1.06 bits per heavy atom. The molecule has 0 saturated carbocycles. The SMILES string of the molecule is CCOC(=O)c1c(-c2cccc([N+](=O)[O-])c2)csc1NC(=O)CCC(=O)c1ccc(C)c(C)c1. The molecule has 176 valence electrons. The summed E-state index contributed by atoms with van der Waals surface area (Å²) in [6.45, 7) is 5.67. The number of ether oxygens (including phenoxy) is 1. The second-order valence-electron chi connectivity index (χ2n) is 7.65. The summed E-state index contributed by atoms with van der Waals surface area (Å²) in [4.78, 5) is 48.4. The molecule has 1 N–H and O–H groups in total. The van der Waals surface area contributed by atoms with E-state index in [-0.39, 0.29) is 41.5 Å². The molecule has 9 heteroatoms. The van der Waals surface area contributed by atoms with Crippen molar-refractivity contribution in [3.63, 3.8) is 0 Å². The van der Waals surface area contributed by atoms with Crippen molar-refractivity contribution >= 4 is 39.7 Å². The minimum Gasteiger partial charge on any atom is -0.462 e. The molecule has 0 fully saturated rings. The van der Waals surface area contributed by atoms with Gasteiger partial charge in [-0.2, -0.15) is 0 Å². The number of amides is 1. The van der Waals surface area contributed by atoms with Crippen molar-refractivity contribution < 1.29 is 24.0 Å². The zero-order valence-corrected chi connectivity index (χ0v) is 19.9. The number of esters is 1. The lowest BCUT2D eigenvalue weighted by Crippen LogP contribution is -2.16. The number of hydrogen-bond acceptors (Lipinski definition) is 7. The number of thiophene rings is 1. The third-order valence-corrected chi connectivity index (χ3v) is 6.19. The number of nitro benzene ring substituents is 1. The molecule has 0 radical (unpaired) electrons. The van der Waals surface area contributed by atoms with Crippen molar-refractivity contribution in [3.8, 4) is 11.1 Å². The minimum atomic E-state index is -0.647. The highest BCUT2D eigenvalue weighted by atomic mass is 32.1. The second-order valence-corrected chi connectivity index (χ2v) is 8.53. The topological polar surface area (TPSA) is 116 Å². The maximum Gasteiger partial charge on any atom is 0.341 e. The molecule has 0 atom stereocenters. The molecule has 0 aliphatic heterocycles. The number of non-ortho nitro benzene ring substituents is 1. The van der Waals surface area contributed by atoms with E-state index in [1.54, 1.807) is 30.5 Å². The fourth-order valence-corrected chi connectivity index (χ4v) is 4.30. The highest BCUT2D eigenvalue weighted by Gasteiger charge is 2.24. The molecule has 1 heterocycles. The number of nitrogens with zero attached hydrogens (tertiary/aromatic N) is 1. The molecule has 3 rings (SSSR count). The maximum absolute atomic E-state index is 12.7. The summed E-state index contributed by atoms with van der Waals surface area (Å²) >= 11 is 1.11. The zero-order valence-electron chi connectivity index (χ0n) is 19.0. The van der Waals surface area contributed by atoms with Crippen molar-refractivity contribution in [2.75, 3.05) is 11.9 Å². The first-order chi connectivity index (χ1) is 16.2. The Labute approximate surface area is 200 Å². The molecule has 34 heavy (non-hydrogen) atoms. The largest absolute Gasteiger partial charge is 0.462 e. The van der Waals surface area contributed by atoms with Gasteiger partial charge in [0, 0.05) is 41.5 Å².